The highest BCUT2D eigenvalue weighted by atomic mass is 35.5. The van der Waals surface area contributed by atoms with Crippen LogP contribution in [0.5, 0.6) is 0 Å². The third kappa shape index (κ3) is 2.59. The molecule has 6 heteroatoms. The molecule has 0 aliphatic rings. The van der Waals surface area contributed by atoms with Crippen molar-refractivity contribution in [2.24, 2.45) is 0 Å². The number of hydrogen-bond donors (Lipinski definition) is 1. The Morgan fingerprint density at radius 3 is 2.69 bits per heavy atom. The zero-order valence-electron chi connectivity index (χ0n) is 7.92. The van der Waals surface area contributed by atoms with Gasteiger partial charge in [-0.25, -0.2) is 14.4 Å². The van der Waals surface area contributed by atoms with Crippen LogP contribution in [-0.4, -0.2) is 9.97 Å². The van der Waals surface area contributed by atoms with Crippen LogP contribution in [0, 0.1) is 5.82 Å². The van der Waals surface area contributed by atoms with Crippen molar-refractivity contribution < 1.29 is 4.39 Å². The average Bonchev–Trinajstić information content (AvgIpc) is 2.22. The van der Waals surface area contributed by atoms with E-state index in [0.29, 0.717) is 10.8 Å². The molecule has 82 valence electrons. The summed E-state index contributed by atoms with van der Waals surface area (Å²) in [6, 6.07) is 5.90. The van der Waals surface area contributed by atoms with E-state index in [0.717, 1.165) is 0 Å². The molecule has 1 N–H and O–H groups in total. The number of nitrogens with zero attached hydrogens (tertiary/aromatic N) is 2. The molecule has 0 saturated carbocycles. The van der Waals surface area contributed by atoms with Gasteiger partial charge in [0, 0.05) is 11.2 Å². The van der Waals surface area contributed by atoms with E-state index < -0.39 is 5.82 Å². The van der Waals surface area contributed by atoms with Crippen LogP contribution in [0.15, 0.2) is 30.5 Å². The van der Waals surface area contributed by atoms with E-state index in [2.05, 4.69) is 15.3 Å². The van der Waals surface area contributed by atoms with E-state index in [-0.39, 0.29) is 11.0 Å². The fourth-order valence-electron chi connectivity index (χ4n) is 1.13. The molecule has 0 bridgehead atoms. The molecule has 1 aromatic heterocycles. The smallest absolute Gasteiger partial charge is 0.224 e. The van der Waals surface area contributed by atoms with Crippen molar-refractivity contribution >= 4 is 34.7 Å². The molecular weight excluding hydrogens is 252 g/mol. The van der Waals surface area contributed by atoms with Gasteiger partial charge in [-0.05, 0) is 35.9 Å². The number of anilines is 2. The summed E-state index contributed by atoms with van der Waals surface area (Å²) in [7, 11) is 0. The number of benzene rings is 1. The molecule has 0 amide bonds. The maximum absolute atomic E-state index is 13.4. The van der Waals surface area contributed by atoms with Gasteiger partial charge >= 0.3 is 0 Å². The average molecular weight is 258 g/mol. The summed E-state index contributed by atoms with van der Waals surface area (Å²) >= 11 is 11.2. The van der Waals surface area contributed by atoms with Crippen LogP contribution in [0.25, 0.3) is 0 Å². The molecule has 1 heterocycles. The standard InChI is InChI=1S/C10H6Cl2FN3/c11-6-1-2-8(7(13)5-6)15-9-3-4-14-10(12)16-9/h1-5H,(H,14,15,16). The normalized spacial score (nSPS) is 10.2. The highest BCUT2D eigenvalue weighted by Crippen LogP contribution is 2.22. The van der Waals surface area contributed by atoms with Crippen molar-refractivity contribution in [1.29, 1.82) is 0 Å². The van der Waals surface area contributed by atoms with Gasteiger partial charge in [-0.15, -0.1) is 0 Å². The summed E-state index contributed by atoms with van der Waals surface area (Å²) in [5.74, 6) is -0.0385. The van der Waals surface area contributed by atoms with Gasteiger partial charge in [-0.2, -0.15) is 0 Å². The molecule has 2 aromatic rings. The Kier molecular flexibility index (Phi) is 3.22. The van der Waals surface area contributed by atoms with Crippen LogP contribution in [0.3, 0.4) is 0 Å². The molecule has 16 heavy (non-hydrogen) atoms. The minimum absolute atomic E-state index is 0.0966. The predicted molar refractivity (Wildman–Crippen MR) is 61.7 cm³/mol. The molecule has 2 rings (SSSR count). The lowest BCUT2D eigenvalue weighted by Crippen LogP contribution is -1.96. The molecule has 0 aliphatic heterocycles. The number of nitrogens with one attached hydrogen (secondary N) is 1. The van der Waals surface area contributed by atoms with Gasteiger partial charge < -0.3 is 5.32 Å². The number of halogens is 3. The molecule has 0 fully saturated rings. The van der Waals surface area contributed by atoms with Crippen LogP contribution >= 0.6 is 23.2 Å². The van der Waals surface area contributed by atoms with Gasteiger partial charge in [-0.1, -0.05) is 11.6 Å². The van der Waals surface area contributed by atoms with Crippen molar-refractivity contribution in [3.8, 4) is 0 Å². The fraction of sp³-hybridized carbons (Fsp3) is 0. The summed E-state index contributed by atoms with van der Waals surface area (Å²) in [5, 5.41) is 3.20. The summed E-state index contributed by atoms with van der Waals surface area (Å²) in [6.07, 6.45) is 1.48. The highest BCUT2D eigenvalue weighted by molar-refractivity contribution is 6.30. The van der Waals surface area contributed by atoms with Crippen LogP contribution in [-0.2, 0) is 0 Å². The molecule has 0 saturated heterocycles. The van der Waals surface area contributed by atoms with E-state index in [1.165, 1.54) is 18.3 Å². The summed E-state index contributed by atoms with van der Waals surface area (Å²) < 4.78 is 13.4. The fourth-order valence-corrected chi connectivity index (χ4v) is 1.44. The minimum atomic E-state index is -0.456. The summed E-state index contributed by atoms with van der Waals surface area (Å²) in [6.45, 7) is 0. The van der Waals surface area contributed by atoms with Crippen LogP contribution < -0.4 is 5.32 Å². The topological polar surface area (TPSA) is 37.8 Å². The summed E-state index contributed by atoms with van der Waals surface area (Å²) in [5.41, 5.74) is 0.277. The van der Waals surface area contributed by atoms with Crippen molar-refractivity contribution in [1.82, 2.24) is 9.97 Å². The van der Waals surface area contributed by atoms with Crippen molar-refractivity contribution in [3.63, 3.8) is 0 Å². The van der Waals surface area contributed by atoms with Gasteiger partial charge in [0.2, 0.25) is 5.28 Å². The number of aromatic nitrogens is 2. The van der Waals surface area contributed by atoms with E-state index in [4.69, 9.17) is 23.2 Å². The zero-order chi connectivity index (χ0) is 11.5. The first-order valence-electron chi connectivity index (χ1n) is 4.36. The second kappa shape index (κ2) is 4.63. The van der Waals surface area contributed by atoms with Gasteiger partial charge in [0.1, 0.15) is 11.6 Å². The SMILES string of the molecule is Fc1cc(Cl)ccc1Nc1ccnc(Cl)n1. The van der Waals surface area contributed by atoms with Crippen LogP contribution in [0.1, 0.15) is 0 Å². The number of rotatable bonds is 2. The third-order valence-electron chi connectivity index (χ3n) is 1.82. The van der Waals surface area contributed by atoms with Gasteiger partial charge in [0.15, 0.2) is 0 Å². The molecule has 0 aliphatic carbocycles. The number of hydrogen-bond acceptors (Lipinski definition) is 3. The highest BCUT2D eigenvalue weighted by Gasteiger charge is 2.04. The first-order valence-corrected chi connectivity index (χ1v) is 5.11. The first-order chi connectivity index (χ1) is 7.65. The Morgan fingerprint density at radius 1 is 1.19 bits per heavy atom. The van der Waals surface area contributed by atoms with Gasteiger partial charge in [0.05, 0.1) is 5.69 Å². The molecule has 0 radical (unpaired) electrons. The molecule has 0 unspecified atom stereocenters. The van der Waals surface area contributed by atoms with Crippen molar-refractivity contribution in [2.45, 2.75) is 0 Å². The molecular formula is C10H6Cl2FN3. The Bertz CT molecular complexity index is 519. The van der Waals surface area contributed by atoms with Crippen LogP contribution in [0.4, 0.5) is 15.9 Å². The lowest BCUT2D eigenvalue weighted by atomic mass is 10.3. The second-order valence-corrected chi connectivity index (χ2v) is 3.73. The zero-order valence-corrected chi connectivity index (χ0v) is 9.43. The molecule has 3 nitrogen and oxygen atoms in total. The molecule has 1 aromatic carbocycles. The van der Waals surface area contributed by atoms with Crippen molar-refractivity contribution in [2.75, 3.05) is 5.32 Å². The second-order valence-electron chi connectivity index (χ2n) is 2.96. The Hall–Kier alpha value is -1.39. The Morgan fingerprint density at radius 2 is 2.00 bits per heavy atom. The summed E-state index contributed by atoms with van der Waals surface area (Å²) in [4.78, 5) is 7.59. The van der Waals surface area contributed by atoms with Gasteiger partial charge in [0.25, 0.3) is 0 Å². The quantitative estimate of drug-likeness (QED) is 0.835. The predicted octanol–water partition coefficient (Wildman–Crippen LogP) is 3.67. The maximum Gasteiger partial charge on any atom is 0.224 e. The first kappa shape index (κ1) is 11.1. The minimum Gasteiger partial charge on any atom is -0.338 e. The van der Waals surface area contributed by atoms with Gasteiger partial charge in [-0.3, -0.25) is 0 Å². The van der Waals surface area contributed by atoms with Crippen LogP contribution in [0.2, 0.25) is 10.3 Å². The van der Waals surface area contributed by atoms with E-state index in [9.17, 15) is 4.39 Å². The molecule has 0 atom stereocenters. The third-order valence-corrected chi connectivity index (χ3v) is 2.24. The Labute approximate surface area is 101 Å². The lowest BCUT2D eigenvalue weighted by Gasteiger charge is -2.06. The largest absolute Gasteiger partial charge is 0.338 e. The van der Waals surface area contributed by atoms with E-state index >= 15 is 0 Å². The van der Waals surface area contributed by atoms with E-state index in [1.54, 1.807) is 12.1 Å². The Balaban J connectivity index is 2.27. The van der Waals surface area contributed by atoms with E-state index in [1.807, 2.05) is 0 Å². The lowest BCUT2D eigenvalue weighted by molar-refractivity contribution is 0.632. The maximum atomic E-state index is 13.4. The monoisotopic (exact) mass is 257 g/mol. The van der Waals surface area contributed by atoms with Crippen molar-refractivity contribution in [3.05, 3.63) is 46.6 Å². The molecule has 0 spiro atoms.